The van der Waals surface area contributed by atoms with Crippen LogP contribution in [0.3, 0.4) is 0 Å². The molecule has 1 heterocycles. The third-order valence-electron chi connectivity index (χ3n) is 9.10. The van der Waals surface area contributed by atoms with Crippen LogP contribution < -0.4 is 9.80 Å². The van der Waals surface area contributed by atoms with Crippen LogP contribution in [-0.2, 0) is 0 Å². The van der Waals surface area contributed by atoms with Gasteiger partial charge < -0.3 is 55.8 Å². The van der Waals surface area contributed by atoms with E-state index in [9.17, 15) is 46.0 Å². The lowest BCUT2D eigenvalue weighted by Crippen LogP contribution is -2.13. The molecule has 0 radical (unpaired) electrons. The molecule has 0 saturated carbocycles. The van der Waals surface area contributed by atoms with Crippen molar-refractivity contribution in [1.29, 1.82) is 0 Å². The lowest BCUT2D eigenvalue weighted by molar-refractivity contribution is 0.0869. The van der Waals surface area contributed by atoms with E-state index in [1.165, 1.54) is 12.1 Å². The summed E-state index contributed by atoms with van der Waals surface area (Å²) in [6.45, 7) is 0. The highest BCUT2D eigenvalue weighted by atomic mass is 17.0. The molecule has 56 heavy (non-hydrogen) atoms. The number of hydrogen-bond acceptors (Lipinski definition) is 13. The van der Waals surface area contributed by atoms with Crippen molar-refractivity contribution in [2.75, 3.05) is 9.80 Å². The Morgan fingerprint density at radius 1 is 0.339 bits per heavy atom. The number of hydrogen-bond donors (Lipinski definition) is 9. The van der Waals surface area contributed by atoms with Gasteiger partial charge in [0.05, 0.1) is 11.4 Å². The van der Waals surface area contributed by atoms with Gasteiger partial charge >= 0.3 is 0 Å². The average molecular weight is 754 g/mol. The molecule has 9 N–H and O–H groups in total. The first kappa shape index (κ1) is 34.8. The number of anilines is 6. The predicted octanol–water partition coefficient (Wildman–Crippen LogP) is 9.38. The molecular weight excluding hydrogens is 722 g/mol. The van der Waals surface area contributed by atoms with Gasteiger partial charge in [-0.2, -0.15) is 0 Å². The molecule has 0 bridgehead atoms. The molecule has 8 rings (SSSR count). The fourth-order valence-corrected chi connectivity index (χ4v) is 6.59. The van der Waals surface area contributed by atoms with Gasteiger partial charge in [-0.3, -0.25) is 13.7 Å². The van der Waals surface area contributed by atoms with E-state index in [2.05, 4.69) is 4.90 Å². The molecule has 7 aromatic carbocycles. The van der Waals surface area contributed by atoms with Gasteiger partial charge in [-0.05, 0) is 60.7 Å². The van der Waals surface area contributed by atoms with Gasteiger partial charge in [0, 0.05) is 40.6 Å². The normalized spacial score (nSPS) is 11.1. The summed E-state index contributed by atoms with van der Waals surface area (Å²) in [5.41, 5.74) is 0.905. The lowest BCUT2D eigenvalue weighted by Gasteiger charge is -2.29. The maximum atomic E-state index is 11.4. The summed E-state index contributed by atoms with van der Waals surface area (Å²) in [6, 6.07) is 40.3. The highest BCUT2D eigenvalue weighted by Gasteiger charge is 2.30. The largest absolute Gasteiger partial charge is 0.508 e. The van der Waals surface area contributed by atoms with Crippen LogP contribution >= 0.6 is 0 Å². The lowest BCUT2D eigenvalue weighted by atomic mass is 10.1. The van der Waals surface area contributed by atoms with E-state index < -0.39 is 68.2 Å². The summed E-state index contributed by atoms with van der Waals surface area (Å²) in [4.78, 5) is 3.87. The molecule has 0 spiro atoms. The number of rotatable bonds is 7. The number of aromatic nitrogens is 1. The molecule has 0 aliphatic rings. The van der Waals surface area contributed by atoms with Gasteiger partial charge in [-0.1, -0.05) is 60.7 Å². The van der Waals surface area contributed by atoms with Gasteiger partial charge in [-0.25, -0.2) is 0 Å². The summed E-state index contributed by atoms with van der Waals surface area (Å²) in [5.74, 6) is -9.71. The minimum Gasteiger partial charge on any atom is -0.508 e. The smallest absolute Gasteiger partial charge is 0.252 e. The second-order valence-electron chi connectivity index (χ2n) is 12.6. The van der Waals surface area contributed by atoms with Crippen molar-refractivity contribution >= 4 is 56.3 Å². The summed E-state index contributed by atoms with van der Waals surface area (Å²) in [5, 5.41) is 97.7. The Morgan fingerprint density at radius 3 is 1.14 bits per heavy atom. The van der Waals surface area contributed by atoms with Crippen LogP contribution in [0.4, 0.5) is 34.1 Å². The summed E-state index contributed by atoms with van der Waals surface area (Å²) < 4.78 is 11.3. The van der Waals surface area contributed by atoms with E-state index in [0.717, 1.165) is 27.7 Å². The number of para-hydroxylation sites is 3. The van der Waals surface area contributed by atoms with Gasteiger partial charge in [0.25, 0.3) is 11.2 Å². The van der Waals surface area contributed by atoms with E-state index in [0.29, 0.717) is 11.4 Å². The quantitative estimate of drug-likeness (QED) is 0.0421. The topological polar surface area (TPSA) is 220 Å². The van der Waals surface area contributed by atoms with Crippen LogP contribution in [0.5, 0.6) is 51.7 Å². The first-order valence-electron chi connectivity index (χ1n) is 16.9. The molecule has 1 aromatic heterocycles. The van der Waals surface area contributed by atoms with E-state index in [1.54, 1.807) is 4.90 Å². The minimum atomic E-state index is -1.21. The second-order valence-corrected chi connectivity index (χ2v) is 12.6. The molecule has 0 fully saturated rings. The van der Waals surface area contributed by atoms with E-state index in [1.807, 2.05) is 115 Å². The monoisotopic (exact) mass is 753 g/mol. The van der Waals surface area contributed by atoms with Crippen molar-refractivity contribution in [2.24, 2.45) is 0 Å². The molecule has 0 atom stereocenters. The Morgan fingerprint density at radius 2 is 0.714 bits per heavy atom. The van der Waals surface area contributed by atoms with Crippen LogP contribution in [0.1, 0.15) is 0 Å². The Bertz CT molecular complexity index is 2690. The summed E-state index contributed by atoms with van der Waals surface area (Å²) in [6.07, 6.45) is 0. The third kappa shape index (κ3) is 5.70. The first-order valence-corrected chi connectivity index (χ1v) is 16.9. The van der Waals surface area contributed by atoms with Crippen LogP contribution in [0.2, 0.25) is 0 Å². The Balaban J connectivity index is 1.43. The van der Waals surface area contributed by atoms with Crippen molar-refractivity contribution in [3.63, 3.8) is 0 Å². The molecule has 280 valence electrons. The average Bonchev–Trinajstić information content (AvgIpc) is 3.40. The van der Waals surface area contributed by atoms with Crippen molar-refractivity contribution in [3.05, 3.63) is 133 Å². The number of benzene rings is 7. The molecule has 0 amide bonds. The van der Waals surface area contributed by atoms with E-state index in [4.69, 9.17) is 9.15 Å². The fraction of sp³-hybridized carbons (Fsp3) is 0. The zero-order valence-corrected chi connectivity index (χ0v) is 28.9. The molecule has 0 saturated heterocycles. The van der Waals surface area contributed by atoms with Crippen LogP contribution in [0.15, 0.2) is 143 Å². The maximum absolute atomic E-state index is 11.4. The van der Waals surface area contributed by atoms with E-state index in [-0.39, 0.29) is 17.1 Å². The summed E-state index contributed by atoms with van der Waals surface area (Å²) >= 11 is 0. The van der Waals surface area contributed by atoms with Crippen molar-refractivity contribution in [3.8, 4) is 57.4 Å². The summed E-state index contributed by atoms with van der Waals surface area (Å²) in [7, 11) is 0. The molecular formula is C42H31N3O11. The predicted molar refractivity (Wildman–Crippen MR) is 207 cm³/mol. The number of phenols is 9. The molecule has 0 unspecified atom stereocenters. The van der Waals surface area contributed by atoms with Gasteiger partial charge in [0.2, 0.25) is 34.5 Å². The zero-order chi connectivity index (χ0) is 39.2. The molecule has 14 heteroatoms. The molecule has 0 aliphatic carbocycles. The Kier molecular flexibility index (Phi) is 8.46. The molecule has 14 nitrogen and oxygen atoms in total. The van der Waals surface area contributed by atoms with Gasteiger partial charge in [-0.15, -0.1) is 0 Å². The van der Waals surface area contributed by atoms with Gasteiger partial charge in [0.15, 0.2) is 11.5 Å². The van der Waals surface area contributed by atoms with Crippen molar-refractivity contribution in [2.45, 2.75) is 0 Å². The third-order valence-corrected chi connectivity index (χ3v) is 9.10. The zero-order valence-electron chi connectivity index (χ0n) is 28.9. The second kappa shape index (κ2) is 13.6. The Hall–Kier alpha value is -8.26. The standard InChI is InChI=1S/C42H31N3O11/c46-30-21-28(20-29(22-30)45-31-33(47)35(49)37(51)39(53)41(31)55-56-42-32(45)34(48)36(50)38(52)40(42)54)44(25-15-8-3-9-16-25)27-18-10-17-26(19-27)43(23-11-4-1-5-12-23)24-13-6-2-7-14-24/h1-22,46-54H. The highest BCUT2D eigenvalue weighted by Crippen LogP contribution is 2.54. The first-order chi connectivity index (χ1) is 27.0. The van der Waals surface area contributed by atoms with E-state index >= 15 is 0 Å². The SMILES string of the molecule is Oc1cc(N(c2ccccc2)c2cccc(N(c3ccccc3)c3ccccc3)c2)cc(-n2c3c(O)c(O)c(O)c(O)c3ooc3c(O)c(O)c(O)c(O)c32)c1. The van der Waals surface area contributed by atoms with Crippen LogP contribution in [0, 0.1) is 0 Å². The van der Waals surface area contributed by atoms with Crippen molar-refractivity contribution in [1.82, 2.24) is 4.57 Å². The Labute approximate surface area is 316 Å². The number of nitrogens with zero attached hydrogens (tertiary/aromatic N) is 3. The van der Waals surface area contributed by atoms with Crippen molar-refractivity contribution < 1.29 is 55.1 Å². The minimum absolute atomic E-state index is 0.150. The number of fused-ring (bicyclic) bond motifs is 2. The molecule has 0 aliphatic heterocycles. The van der Waals surface area contributed by atoms with Crippen LogP contribution in [0.25, 0.3) is 27.9 Å². The number of phenolic OH excluding ortho intramolecular Hbond substituents is 9. The highest BCUT2D eigenvalue weighted by molar-refractivity contribution is 5.99. The van der Waals surface area contributed by atoms with Crippen LogP contribution in [-0.4, -0.2) is 50.5 Å². The fourth-order valence-electron chi connectivity index (χ4n) is 6.59. The number of aromatic hydroxyl groups is 9. The van der Waals surface area contributed by atoms with Gasteiger partial charge in [0.1, 0.15) is 16.8 Å². The molecule has 8 aromatic rings. The maximum Gasteiger partial charge on any atom is 0.252 e.